The molecule has 0 radical (unpaired) electrons. The first-order valence-corrected chi connectivity index (χ1v) is 8.23. The Labute approximate surface area is 143 Å². The normalized spacial score (nSPS) is 15.5. The topological polar surface area (TPSA) is 61.4 Å². The first-order chi connectivity index (χ1) is 11.1. The Balaban J connectivity index is 1.71. The fourth-order valence-corrected chi connectivity index (χ4v) is 2.67. The van der Waals surface area contributed by atoms with Gasteiger partial charge in [-0.3, -0.25) is 4.79 Å². The minimum atomic E-state index is -0.231. The van der Waals surface area contributed by atoms with E-state index in [4.69, 9.17) is 0 Å². The first-order valence-electron chi connectivity index (χ1n) is 7.44. The Hall–Kier alpha value is -1.99. The van der Waals surface area contributed by atoms with E-state index in [9.17, 15) is 4.79 Å². The van der Waals surface area contributed by atoms with Gasteiger partial charge in [0.15, 0.2) is 0 Å². The van der Waals surface area contributed by atoms with Crippen LogP contribution in [-0.4, -0.2) is 54.0 Å². The lowest BCUT2D eigenvalue weighted by molar-refractivity contribution is 0.102. The number of likely N-dealkylation sites (N-methyl/N-ethyl adjacent to an activating group) is 1. The predicted molar refractivity (Wildman–Crippen MR) is 93.8 cm³/mol. The number of nitrogens with zero attached hydrogens (tertiary/aromatic N) is 4. The second-order valence-electron chi connectivity index (χ2n) is 5.51. The van der Waals surface area contributed by atoms with Crippen LogP contribution in [0.4, 0.5) is 11.5 Å². The molecular weight excluding hydrogens is 358 g/mol. The number of nitrogens with one attached hydrogen (secondary N) is 1. The Bertz CT molecular complexity index is 683. The van der Waals surface area contributed by atoms with E-state index in [2.05, 4.69) is 48.1 Å². The highest BCUT2D eigenvalue weighted by atomic mass is 79.9. The molecule has 0 spiro atoms. The third-order valence-corrected chi connectivity index (χ3v) is 4.34. The van der Waals surface area contributed by atoms with Gasteiger partial charge in [0.1, 0.15) is 17.8 Å². The number of rotatable bonds is 3. The fourth-order valence-electron chi connectivity index (χ4n) is 2.41. The molecule has 0 atom stereocenters. The van der Waals surface area contributed by atoms with Gasteiger partial charge in [-0.15, -0.1) is 0 Å². The molecule has 120 valence electrons. The quantitative estimate of drug-likeness (QED) is 0.891. The van der Waals surface area contributed by atoms with Crippen LogP contribution in [0.15, 0.2) is 41.1 Å². The van der Waals surface area contributed by atoms with Gasteiger partial charge in [-0.1, -0.05) is 15.9 Å². The molecule has 1 aliphatic rings. The zero-order chi connectivity index (χ0) is 16.2. The van der Waals surface area contributed by atoms with Gasteiger partial charge in [0, 0.05) is 42.4 Å². The van der Waals surface area contributed by atoms with Gasteiger partial charge < -0.3 is 15.1 Å². The number of piperazine rings is 1. The van der Waals surface area contributed by atoms with Crippen molar-refractivity contribution in [2.75, 3.05) is 43.4 Å². The lowest BCUT2D eigenvalue weighted by Gasteiger charge is -2.33. The highest BCUT2D eigenvalue weighted by Gasteiger charge is 2.17. The third kappa shape index (κ3) is 4.05. The number of amides is 1. The van der Waals surface area contributed by atoms with Gasteiger partial charge in [-0.05, 0) is 31.3 Å². The van der Waals surface area contributed by atoms with E-state index in [1.807, 2.05) is 24.3 Å². The summed E-state index contributed by atoms with van der Waals surface area (Å²) in [5.74, 6) is 0.569. The van der Waals surface area contributed by atoms with Crippen LogP contribution in [0.3, 0.4) is 0 Å². The van der Waals surface area contributed by atoms with Crippen molar-refractivity contribution in [2.24, 2.45) is 0 Å². The number of hydrogen-bond acceptors (Lipinski definition) is 5. The fraction of sp³-hybridized carbons (Fsp3) is 0.312. The molecule has 23 heavy (non-hydrogen) atoms. The third-order valence-electron chi connectivity index (χ3n) is 3.81. The number of anilines is 2. The van der Waals surface area contributed by atoms with Crippen LogP contribution in [0.1, 0.15) is 10.5 Å². The molecule has 6 nitrogen and oxygen atoms in total. The minimum Gasteiger partial charge on any atom is -0.354 e. The van der Waals surface area contributed by atoms with Gasteiger partial charge in [0.25, 0.3) is 5.91 Å². The highest BCUT2D eigenvalue weighted by molar-refractivity contribution is 9.10. The first kappa shape index (κ1) is 15.9. The predicted octanol–water partition coefficient (Wildman–Crippen LogP) is 2.24. The number of halogens is 1. The van der Waals surface area contributed by atoms with Crippen LogP contribution >= 0.6 is 15.9 Å². The zero-order valence-corrected chi connectivity index (χ0v) is 14.5. The van der Waals surface area contributed by atoms with E-state index in [0.29, 0.717) is 5.69 Å². The Morgan fingerprint density at radius 2 is 1.83 bits per heavy atom. The summed E-state index contributed by atoms with van der Waals surface area (Å²) in [7, 11) is 2.11. The number of benzene rings is 1. The van der Waals surface area contributed by atoms with Gasteiger partial charge in [0.05, 0.1) is 0 Å². The molecule has 0 unspecified atom stereocenters. The van der Waals surface area contributed by atoms with Crippen molar-refractivity contribution in [3.05, 3.63) is 46.8 Å². The largest absolute Gasteiger partial charge is 0.354 e. The summed E-state index contributed by atoms with van der Waals surface area (Å²) in [6.07, 6.45) is 1.45. The standard InChI is InChI=1S/C16H18BrN5O/c1-21-6-8-22(9-7-21)15-10-14(18-11-19-15)16(23)20-13-4-2-12(17)3-5-13/h2-5,10-11H,6-9H2,1H3,(H,20,23). The number of hydrogen-bond donors (Lipinski definition) is 1. The van der Waals surface area contributed by atoms with Crippen LogP contribution < -0.4 is 10.2 Å². The molecule has 1 amide bonds. The zero-order valence-electron chi connectivity index (χ0n) is 12.9. The number of aromatic nitrogens is 2. The Morgan fingerprint density at radius 3 is 2.52 bits per heavy atom. The molecule has 0 aliphatic carbocycles. The summed E-state index contributed by atoms with van der Waals surface area (Å²) in [5.41, 5.74) is 1.11. The average molecular weight is 376 g/mol. The molecule has 1 aliphatic heterocycles. The summed E-state index contributed by atoms with van der Waals surface area (Å²) < 4.78 is 0.967. The SMILES string of the molecule is CN1CCN(c2cc(C(=O)Nc3ccc(Br)cc3)ncn2)CC1. The molecule has 1 fully saturated rings. The maximum absolute atomic E-state index is 12.3. The second-order valence-corrected chi connectivity index (χ2v) is 6.43. The van der Waals surface area contributed by atoms with E-state index in [0.717, 1.165) is 42.2 Å². The van der Waals surface area contributed by atoms with Gasteiger partial charge in [-0.2, -0.15) is 0 Å². The molecule has 2 aromatic rings. The Morgan fingerprint density at radius 1 is 1.13 bits per heavy atom. The summed E-state index contributed by atoms with van der Waals surface area (Å²) >= 11 is 3.37. The lowest BCUT2D eigenvalue weighted by atomic mass is 10.3. The van der Waals surface area contributed by atoms with E-state index >= 15 is 0 Å². The molecule has 0 bridgehead atoms. The van der Waals surface area contributed by atoms with Crippen molar-refractivity contribution in [1.29, 1.82) is 0 Å². The minimum absolute atomic E-state index is 0.231. The summed E-state index contributed by atoms with van der Waals surface area (Å²) in [4.78, 5) is 25.2. The molecule has 1 saturated heterocycles. The van der Waals surface area contributed by atoms with E-state index in [-0.39, 0.29) is 5.91 Å². The molecule has 1 N–H and O–H groups in total. The number of carbonyl (C=O) groups excluding carboxylic acids is 1. The van der Waals surface area contributed by atoms with Crippen molar-refractivity contribution in [3.63, 3.8) is 0 Å². The van der Waals surface area contributed by atoms with Crippen molar-refractivity contribution in [3.8, 4) is 0 Å². The van der Waals surface area contributed by atoms with Crippen LogP contribution in [0, 0.1) is 0 Å². The van der Waals surface area contributed by atoms with E-state index in [1.165, 1.54) is 6.33 Å². The maximum Gasteiger partial charge on any atom is 0.274 e. The van der Waals surface area contributed by atoms with E-state index in [1.54, 1.807) is 6.07 Å². The maximum atomic E-state index is 12.3. The summed E-state index contributed by atoms with van der Waals surface area (Å²) in [5, 5.41) is 2.85. The molecule has 7 heteroatoms. The van der Waals surface area contributed by atoms with Crippen LogP contribution in [0.2, 0.25) is 0 Å². The molecule has 2 heterocycles. The molecule has 1 aromatic heterocycles. The van der Waals surface area contributed by atoms with Gasteiger partial charge >= 0.3 is 0 Å². The van der Waals surface area contributed by atoms with Crippen molar-refractivity contribution >= 4 is 33.3 Å². The van der Waals surface area contributed by atoms with Crippen LogP contribution in [0.25, 0.3) is 0 Å². The number of carbonyl (C=O) groups is 1. The molecule has 3 rings (SSSR count). The van der Waals surface area contributed by atoms with Crippen molar-refractivity contribution in [1.82, 2.24) is 14.9 Å². The second kappa shape index (κ2) is 7.06. The van der Waals surface area contributed by atoms with Crippen molar-refractivity contribution in [2.45, 2.75) is 0 Å². The highest BCUT2D eigenvalue weighted by Crippen LogP contribution is 2.16. The van der Waals surface area contributed by atoms with Crippen LogP contribution in [-0.2, 0) is 0 Å². The van der Waals surface area contributed by atoms with Crippen molar-refractivity contribution < 1.29 is 4.79 Å². The van der Waals surface area contributed by atoms with Gasteiger partial charge in [0.2, 0.25) is 0 Å². The molecule has 1 aromatic carbocycles. The summed E-state index contributed by atoms with van der Waals surface area (Å²) in [6, 6.07) is 9.19. The molecular formula is C16H18BrN5O. The molecule has 0 saturated carbocycles. The van der Waals surface area contributed by atoms with Gasteiger partial charge in [-0.25, -0.2) is 9.97 Å². The Kier molecular flexibility index (Phi) is 4.88. The summed E-state index contributed by atoms with van der Waals surface area (Å²) in [6.45, 7) is 3.79. The van der Waals surface area contributed by atoms with Crippen LogP contribution in [0.5, 0.6) is 0 Å². The van der Waals surface area contributed by atoms with E-state index < -0.39 is 0 Å². The smallest absolute Gasteiger partial charge is 0.274 e. The average Bonchev–Trinajstić information content (AvgIpc) is 2.58. The lowest BCUT2D eigenvalue weighted by Crippen LogP contribution is -2.44. The monoisotopic (exact) mass is 375 g/mol.